The van der Waals surface area contributed by atoms with Crippen LogP contribution < -0.4 is 4.90 Å². The highest BCUT2D eigenvalue weighted by Gasteiger charge is 2.65. The molecule has 0 aliphatic carbocycles. The van der Waals surface area contributed by atoms with Gasteiger partial charge >= 0.3 is 0 Å². The summed E-state index contributed by atoms with van der Waals surface area (Å²) in [6, 6.07) is 19.9. The topological polar surface area (TPSA) is 113 Å². The Balaban J connectivity index is 1.47. The first-order chi connectivity index (χ1) is 17.0. The fraction of sp³-hybridized carbons (Fsp3) is 0.154. The summed E-state index contributed by atoms with van der Waals surface area (Å²) in [6.45, 7) is 0. The van der Waals surface area contributed by atoms with E-state index in [4.69, 9.17) is 0 Å². The fourth-order valence-corrected chi connectivity index (χ4v) is 5.42. The monoisotopic (exact) mass is 466 g/mol. The summed E-state index contributed by atoms with van der Waals surface area (Å²) in [5.41, 5.74) is 2.18. The number of amides is 2. The van der Waals surface area contributed by atoms with Crippen LogP contribution in [0.3, 0.4) is 0 Å². The number of hydrazone groups is 1. The van der Waals surface area contributed by atoms with Crippen LogP contribution >= 0.6 is 0 Å². The van der Waals surface area contributed by atoms with Crippen molar-refractivity contribution in [3.63, 3.8) is 0 Å². The molecule has 9 heteroatoms. The van der Waals surface area contributed by atoms with Gasteiger partial charge in [0.2, 0.25) is 11.8 Å². The molecule has 0 unspecified atom stereocenters. The Morgan fingerprint density at radius 1 is 0.857 bits per heavy atom. The van der Waals surface area contributed by atoms with Crippen LogP contribution in [0.25, 0.3) is 0 Å². The molecule has 4 atom stereocenters. The van der Waals surface area contributed by atoms with Crippen molar-refractivity contribution < 1.29 is 19.3 Å². The highest BCUT2D eigenvalue weighted by molar-refractivity contribution is 6.24. The minimum atomic E-state index is -0.962. The van der Waals surface area contributed by atoms with E-state index in [2.05, 4.69) is 5.10 Å². The van der Waals surface area contributed by atoms with E-state index >= 15 is 0 Å². The number of carbonyl (C=O) groups excluding carboxylic acids is 3. The lowest BCUT2D eigenvalue weighted by Crippen LogP contribution is -2.44. The predicted molar refractivity (Wildman–Crippen MR) is 126 cm³/mol. The smallest absolute Gasteiger partial charge is 0.269 e. The zero-order chi connectivity index (χ0) is 24.3. The molecule has 0 aromatic heterocycles. The number of ketones is 1. The van der Waals surface area contributed by atoms with Gasteiger partial charge in [0.25, 0.3) is 5.69 Å². The molecule has 3 aromatic carbocycles. The maximum absolute atomic E-state index is 13.8. The number of hydrogen-bond acceptors (Lipinski definition) is 7. The molecule has 35 heavy (non-hydrogen) atoms. The largest absolute Gasteiger partial charge is 0.292 e. The van der Waals surface area contributed by atoms with Crippen molar-refractivity contribution in [2.24, 2.45) is 16.9 Å². The third-order valence-electron chi connectivity index (χ3n) is 6.94. The molecule has 0 saturated carbocycles. The maximum atomic E-state index is 13.8. The number of rotatable bonds is 4. The van der Waals surface area contributed by atoms with Crippen molar-refractivity contribution in [1.82, 2.24) is 5.01 Å². The molecule has 6 rings (SSSR count). The van der Waals surface area contributed by atoms with Crippen molar-refractivity contribution in [2.45, 2.75) is 12.1 Å². The molecule has 2 fully saturated rings. The molecule has 2 saturated heterocycles. The van der Waals surface area contributed by atoms with E-state index in [9.17, 15) is 24.5 Å². The minimum absolute atomic E-state index is 0.146. The Bertz CT molecular complexity index is 1420. The lowest BCUT2D eigenvalue weighted by Gasteiger charge is -2.33. The van der Waals surface area contributed by atoms with Gasteiger partial charge in [0.05, 0.1) is 34.7 Å². The van der Waals surface area contributed by atoms with Crippen molar-refractivity contribution >= 4 is 35.2 Å². The van der Waals surface area contributed by atoms with Crippen LogP contribution in [0.5, 0.6) is 0 Å². The van der Waals surface area contributed by atoms with Crippen molar-refractivity contribution in [1.29, 1.82) is 0 Å². The molecule has 3 aromatic rings. The van der Waals surface area contributed by atoms with E-state index in [1.165, 1.54) is 24.3 Å². The molecular weight excluding hydrogens is 448 g/mol. The van der Waals surface area contributed by atoms with Gasteiger partial charge in [0.1, 0.15) is 6.04 Å². The Hall–Kier alpha value is -4.66. The van der Waals surface area contributed by atoms with Gasteiger partial charge < -0.3 is 0 Å². The van der Waals surface area contributed by atoms with E-state index in [0.717, 1.165) is 16.0 Å². The van der Waals surface area contributed by atoms with Gasteiger partial charge in [-0.3, -0.25) is 29.5 Å². The summed E-state index contributed by atoms with van der Waals surface area (Å²) in [5, 5.41) is 17.2. The highest BCUT2D eigenvalue weighted by Crippen LogP contribution is 2.53. The molecule has 3 heterocycles. The van der Waals surface area contributed by atoms with Gasteiger partial charge in [-0.1, -0.05) is 54.6 Å². The van der Waals surface area contributed by atoms with E-state index in [1.807, 2.05) is 24.3 Å². The van der Waals surface area contributed by atoms with Crippen LogP contribution in [0.15, 0.2) is 84.0 Å². The van der Waals surface area contributed by atoms with Gasteiger partial charge in [-0.15, -0.1) is 0 Å². The van der Waals surface area contributed by atoms with Crippen molar-refractivity contribution in [3.05, 3.63) is 106 Å². The van der Waals surface area contributed by atoms with Crippen LogP contribution in [-0.4, -0.2) is 39.8 Å². The second-order valence-corrected chi connectivity index (χ2v) is 8.71. The molecule has 9 nitrogen and oxygen atoms in total. The Labute approximate surface area is 199 Å². The summed E-state index contributed by atoms with van der Waals surface area (Å²) < 4.78 is 0. The van der Waals surface area contributed by atoms with Gasteiger partial charge in [0, 0.05) is 17.7 Å². The van der Waals surface area contributed by atoms with Crippen LogP contribution in [0.1, 0.15) is 27.5 Å². The second kappa shape index (κ2) is 7.69. The number of anilines is 1. The lowest BCUT2D eigenvalue weighted by atomic mass is 9.83. The molecule has 2 amide bonds. The van der Waals surface area contributed by atoms with Gasteiger partial charge in [-0.25, -0.2) is 4.90 Å². The molecule has 0 bridgehead atoms. The zero-order valence-corrected chi connectivity index (χ0v) is 18.2. The number of nitro benzene ring substituents is 1. The van der Waals surface area contributed by atoms with Gasteiger partial charge in [-0.2, -0.15) is 5.10 Å². The first-order valence-electron chi connectivity index (χ1n) is 11.1. The number of Topliss-reactive ketones (excluding diaryl/α,β-unsaturated/α-hetero) is 1. The minimum Gasteiger partial charge on any atom is -0.292 e. The van der Waals surface area contributed by atoms with Crippen molar-refractivity contribution in [3.8, 4) is 0 Å². The normalized spacial score (nSPS) is 24.2. The van der Waals surface area contributed by atoms with E-state index in [-0.39, 0.29) is 17.2 Å². The number of nitro groups is 1. The number of non-ortho nitro benzene ring substituents is 1. The summed E-state index contributed by atoms with van der Waals surface area (Å²) in [5.74, 6) is -3.01. The summed E-state index contributed by atoms with van der Waals surface area (Å²) in [7, 11) is 0. The van der Waals surface area contributed by atoms with Gasteiger partial charge in [0.15, 0.2) is 5.78 Å². The standard InChI is InChI=1S/C26H18N4O5/c31-24(15-6-2-1-3-7-15)23-21-20(22-19-9-5-4-8-16(19)14-27-29(22)23)25(32)28(26(21)33)17-10-12-18(13-11-17)30(34)35/h1-14,20-23H/t20-,21-,22-,23+/m1/s1. The highest BCUT2D eigenvalue weighted by atomic mass is 16.6. The molecule has 172 valence electrons. The second-order valence-electron chi connectivity index (χ2n) is 8.71. The summed E-state index contributed by atoms with van der Waals surface area (Å²) >= 11 is 0. The predicted octanol–water partition coefficient (Wildman–Crippen LogP) is 3.36. The average molecular weight is 466 g/mol. The lowest BCUT2D eigenvalue weighted by molar-refractivity contribution is -0.384. The Morgan fingerprint density at radius 2 is 1.51 bits per heavy atom. The van der Waals surface area contributed by atoms with Crippen LogP contribution in [-0.2, 0) is 9.59 Å². The number of nitrogens with zero attached hydrogens (tertiary/aromatic N) is 4. The zero-order valence-electron chi connectivity index (χ0n) is 18.2. The molecule has 0 spiro atoms. The molecule has 0 radical (unpaired) electrons. The van der Waals surface area contributed by atoms with Crippen molar-refractivity contribution in [2.75, 3.05) is 4.90 Å². The summed E-state index contributed by atoms with van der Waals surface area (Å²) in [4.78, 5) is 52.8. The van der Waals surface area contributed by atoms with Crippen LogP contribution in [0, 0.1) is 22.0 Å². The Kier molecular flexibility index (Phi) is 4.60. The first-order valence-corrected chi connectivity index (χ1v) is 11.1. The fourth-order valence-electron chi connectivity index (χ4n) is 5.42. The van der Waals surface area contributed by atoms with E-state index in [0.29, 0.717) is 5.56 Å². The maximum Gasteiger partial charge on any atom is 0.269 e. The molecule has 3 aliphatic rings. The molecule has 3 aliphatic heterocycles. The van der Waals surface area contributed by atoms with Crippen LogP contribution in [0.4, 0.5) is 11.4 Å². The third kappa shape index (κ3) is 3.01. The number of fused-ring (bicyclic) bond motifs is 5. The number of imide groups is 1. The third-order valence-corrected chi connectivity index (χ3v) is 6.94. The first kappa shape index (κ1) is 20.9. The van der Waals surface area contributed by atoms with E-state index < -0.39 is 40.7 Å². The van der Waals surface area contributed by atoms with Crippen LogP contribution in [0.2, 0.25) is 0 Å². The number of benzene rings is 3. The Morgan fingerprint density at radius 3 is 2.23 bits per heavy atom. The molecule has 0 N–H and O–H groups in total. The quantitative estimate of drug-likeness (QED) is 0.252. The SMILES string of the molecule is O=C(c1ccccc1)[C@@H]1[C@@H]2C(=O)N(c3ccc([N+](=O)[O-])cc3)C(=O)[C@H]2[C@H]2c3ccccc3C=NN12. The average Bonchev–Trinajstić information content (AvgIpc) is 3.36. The number of carbonyl (C=O) groups is 3. The van der Waals surface area contributed by atoms with Gasteiger partial charge in [-0.05, 0) is 23.3 Å². The number of hydrogen-bond donors (Lipinski definition) is 0. The molecular formula is C26H18N4O5. The van der Waals surface area contributed by atoms with E-state index in [1.54, 1.807) is 41.6 Å². The summed E-state index contributed by atoms with van der Waals surface area (Å²) in [6.07, 6.45) is 1.65.